The van der Waals surface area contributed by atoms with Crippen LogP contribution in [0.2, 0.25) is 0 Å². The van der Waals surface area contributed by atoms with E-state index in [0.717, 1.165) is 17.5 Å². The van der Waals surface area contributed by atoms with Gasteiger partial charge in [-0.05, 0) is 30.3 Å². The molecular formula is C18H39P. The number of hydrogen-bond acceptors (Lipinski definition) is 0. The minimum Gasteiger partial charge on any atom is -0.134 e. The lowest BCUT2D eigenvalue weighted by atomic mass is 9.79. The van der Waals surface area contributed by atoms with Gasteiger partial charge in [0.25, 0.3) is 0 Å². The summed E-state index contributed by atoms with van der Waals surface area (Å²) in [5.74, 6) is 1.92. The van der Waals surface area contributed by atoms with Crippen LogP contribution in [0.25, 0.3) is 0 Å². The monoisotopic (exact) mass is 286 g/mol. The lowest BCUT2D eigenvalue weighted by Crippen LogP contribution is -2.24. The van der Waals surface area contributed by atoms with E-state index in [-0.39, 0.29) is 0 Å². The van der Waals surface area contributed by atoms with Crippen LogP contribution in [0, 0.1) is 11.8 Å². The van der Waals surface area contributed by atoms with Gasteiger partial charge in [-0.25, -0.2) is 0 Å². The SMILES string of the molecule is CCCCCCC(P)C(CCCC)C(CC)CCC. The van der Waals surface area contributed by atoms with Crippen LogP contribution in [0.4, 0.5) is 0 Å². The lowest BCUT2D eigenvalue weighted by Gasteiger charge is -2.31. The van der Waals surface area contributed by atoms with Crippen molar-refractivity contribution in [2.75, 3.05) is 0 Å². The van der Waals surface area contributed by atoms with Crippen LogP contribution in [0.5, 0.6) is 0 Å². The molecule has 0 N–H and O–H groups in total. The highest BCUT2D eigenvalue weighted by atomic mass is 31.0. The first-order valence-electron chi connectivity index (χ1n) is 8.96. The smallest absolute Gasteiger partial charge is 0.0233 e. The standard InChI is InChI=1S/C18H39P/c1-5-9-11-12-15-18(19)17(14-10-6-2)16(8-4)13-7-3/h16-18H,5-15,19H2,1-4H3. The summed E-state index contributed by atoms with van der Waals surface area (Å²) in [5, 5.41) is 0. The second-order valence-electron chi connectivity index (χ2n) is 6.28. The minimum atomic E-state index is 0.861. The van der Waals surface area contributed by atoms with Gasteiger partial charge >= 0.3 is 0 Å². The predicted molar refractivity (Wildman–Crippen MR) is 94.0 cm³/mol. The van der Waals surface area contributed by atoms with E-state index >= 15 is 0 Å². The largest absolute Gasteiger partial charge is 0.134 e. The minimum absolute atomic E-state index is 0.861. The second-order valence-corrected chi connectivity index (χ2v) is 7.13. The van der Waals surface area contributed by atoms with Gasteiger partial charge in [0, 0.05) is 0 Å². The molecule has 0 nitrogen and oxygen atoms in total. The number of rotatable bonds is 13. The van der Waals surface area contributed by atoms with Crippen molar-refractivity contribution in [3.63, 3.8) is 0 Å². The molecule has 19 heavy (non-hydrogen) atoms. The zero-order chi connectivity index (χ0) is 14.5. The molecule has 0 spiro atoms. The van der Waals surface area contributed by atoms with Gasteiger partial charge in [-0.15, -0.1) is 9.24 Å². The van der Waals surface area contributed by atoms with Crippen LogP contribution >= 0.6 is 9.24 Å². The number of unbranched alkanes of at least 4 members (excludes halogenated alkanes) is 4. The molecule has 0 aliphatic rings. The molecule has 0 saturated carbocycles. The first-order valence-corrected chi connectivity index (χ1v) is 9.63. The normalized spacial score (nSPS) is 16.3. The van der Waals surface area contributed by atoms with Crippen molar-refractivity contribution >= 4 is 9.24 Å². The van der Waals surface area contributed by atoms with Crippen molar-refractivity contribution in [3.05, 3.63) is 0 Å². The maximum absolute atomic E-state index is 3.20. The van der Waals surface area contributed by atoms with Crippen molar-refractivity contribution in [2.24, 2.45) is 11.8 Å². The number of hydrogen-bond donors (Lipinski definition) is 0. The third-order valence-corrected chi connectivity index (χ3v) is 5.45. The van der Waals surface area contributed by atoms with E-state index in [0.29, 0.717) is 0 Å². The Morgan fingerprint density at radius 2 is 1.37 bits per heavy atom. The van der Waals surface area contributed by atoms with Crippen LogP contribution in [0.3, 0.4) is 0 Å². The van der Waals surface area contributed by atoms with Crippen molar-refractivity contribution in [1.82, 2.24) is 0 Å². The van der Waals surface area contributed by atoms with Crippen molar-refractivity contribution < 1.29 is 0 Å². The summed E-state index contributed by atoms with van der Waals surface area (Å²) < 4.78 is 0. The highest BCUT2D eigenvalue weighted by molar-refractivity contribution is 7.17. The zero-order valence-corrected chi connectivity index (χ0v) is 15.2. The van der Waals surface area contributed by atoms with E-state index in [9.17, 15) is 0 Å². The summed E-state index contributed by atoms with van der Waals surface area (Å²) in [6, 6.07) is 0. The van der Waals surface area contributed by atoms with E-state index in [2.05, 4.69) is 36.9 Å². The van der Waals surface area contributed by atoms with Crippen LogP contribution in [-0.2, 0) is 0 Å². The molecule has 1 heteroatoms. The van der Waals surface area contributed by atoms with E-state index < -0.39 is 0 Å². The molecule has 0 radical (unpaired) electrons. The Morgan fingerprint density at radius 1 is 0.684 bits per heavy atom. The molecule has 0 saturated heterocycles. The van der Waals surface area contributed by atoms with Crippen LogP contribution in [0.1, 0.15) is 98.3 Å². The van der Waals surface area contributed by atoms with Gasteiger partial charge in [0.05, 0.1) is 0 Å². The van der Waals surface area contributed by atoms with Gasteiger partial charge in [0.2, 0.25) is 0 Å². The summed E-state index contributed by atoms with van der Waals surface area (Å²) in [7, 11) is 3.20. The highest BCUT2D eigenvalue weighted by Gasteiger charge is 2.24. The van der Waals surface area contributed by atoms with Gasteiger partial charge in [0.1, 0.15) is 0 Å². The van der Waals surface area contributed by atoms with Crippen LogP contribution < -0.4 is 0 Å². The Balaban J connectivity index is 4.27. The maximum atomic E-state index is 3.20. The first kappa shape index (κ1) is 19.4. The molecule has 0 heterocycles. The Kier molecular flexibility index (Phi) is 13.7. The van der Waals surface area contributed by atoms with Crippen molar-refractivity contribution in [1.29, 1.82) is 0 Å². The van der Waals surface area contributed by atoms with E-state index in [1.54, 1.807) is 0 Å². The van der Waals surface area contributed by atoms with E-state index in [1.165, 1.54) is 70.6 Å². The third kappa shape index (κ3) is 9.06. The van der Waals surface area contributed by atoms with Gasteiger partial charge in [-0.3, -0.25) is 0 Å². The fourth-order valence-electron chi connectivity index (χ4n) is 3.35. The summed E-state index contributed by atoms with van der Waals surface area (Å²) in [5.41, 5.74) is 0.861. The fraction of sp³-hybridized carbons (Fsp3) is 1.00. The molecule has 0 amide bonds. The molecule has 4 unspecified atom stereocenters. The van der Waals surface area contributed by atoms with Gasteiger partial charge in [-0.2, -0.15) is 0 Å². The van der Waals surface area contributed by atoms with Crippen molar-refractivity contribution in [2.45, 2.75) is 104 Å². The van der Waals surface area contributed by atoms with Gasteiger partial charge in [0.15, 0.2) is 0 Å². The maximum Gasteiger partial charge on any atom is -0.0233 e. The Labute approximate surface area is 125 Å². The molecule has 0 fully saturated rings. The molecule has 4 atom stereocenters. The Hall–Kier alpha value is 0.430. The van der Waals surface area contributed by atoms with E-state index in [1.807, 2.05) is 0 Å². The molecule has 0 aliphatic heterocycles. The second kappa shape index (κ2) is 13.4. The first-order chi connectivity index (χ1) is 9.21. The average molecular weight is 286 g/mol. The Morgan fingerprint density at radius 3 is 1.89 bits per heavy atom. The van der Waals surface area contributed by atoms with Crippen LogP contribution in [0.15, 0.2) is 0 Å². The summed E-state index contributed by atoms with van der Waals surface area (Å²) in [4.78, 5) is 0. The molecule has 0 aliphatic carbocycles. The van der Waals surface area contributed by atoms with E-state index in [4.69, 9.17) is 0 Å². The van der Waals surface area contributed by atoms with Gasteiger partial charge in [-0.1, -0.05) is 85.5 Å². The van der Waals surface area contributed by atoms with Crippen molar-refractivity contribution in [3.8, 4) is 0 Å². The molecule has 0 aromatic rings. The summed E-state index contributed by atoms with van der Waals surface area (Å²) in [6.07, 6.45) is 15.5. The topological polar surface area (TPSA) is 0 Å². The molecule has 0 rings (SSSR count). The molecule has 0 bridgehead atoms. The predicted octanol–water partition coefficient (Wildman–Crippen LogP) is 6.83. The molecule has 0 aromatic carbocycles. The zero-order valence-electron chi connectivity index (χ0n) is 14.1. The fourth-order valence-corrected chi connectivity index (χ4v) is 4.09. The summed E-state index contributed by atoms with van der Waals surface area (Å²) >= 11 is 0. The highest BCUT2D eigenvalue weighted by Crippen LogP contribution is 2.35. The molecule has 116 valence electrons. The molecular weight excluding hydrogens is 247 g/mol. The lowest BCUT2D eigenvalue weighted by molar-refractivity contribution is 0.262. The summed E-state index contributed by atoms with van der Waals surface area (Å²) in [6.45, 7) is 9.37. The third-order valence-electron chi connectivity index (χ3n) is 4.62. The van der Waals surface area contributed by atoms with Crippen LogP contribution in [-0.4, -0.2) is 5.66 Å². The van der Waals surface area contributed by atoms with Gasteiger partial charge < -0.3 is 0 Å². The Bertz CT molecular complexity index is 179. The molecule has 0 aromatic heterocycles. The average Bonchev–Trinajstić information content (AvgIpc) is 2.42. The quantitative estimate of drug-likeness (QED) is 0.257.